The van der Waals surface area contributed by atoms with Crippen LogP contribution in [0.2, 0.25) is 5.82 Å². The fraction of sp³-hybridized carbons (Fsp3) is 0.556. The number of ketones is 1. The van der Waals surface area contributed by atoms with Crippen LogP contribution in [0.5, 0.6) is 5.75 Å². The monoisotopic (exact) mass is 332 g/mol. The minimum absolute atomic E-state index is 0.0768. The quantitative estimate of drug-likeness (QED) is 0.663. The number of para-hydroxylation sites is 1. The lowest BCUT2D eigenvalue weighted by Crippen LogP contribution is -2.36. The van der Waals surface area contributed by atoms with Crippen molar-refractivity contribution in [1.82, 2.24) is 0 Å². The highest BCUT2D eigenvalue weighted by Gasteiger charge is 2.38. The molecule has 1 atom stereocenters. The molecule has 6 heteroatoms. The van der Waals surface area contributed by atoms with Gasteiger partial charge in [0.15, 0.2) is 0 Å². The normalized spacial score (nSPS) is 17.0. The van der Waals surface area contributed by atoms with Crippen LogP contribution >= 0.6 is 0 Å². The van der Waals surface area contributed by atoms with Crippen molar-refractivity contribution in [3.05, 3.63) is 29.3 Å². The first-order valence-corrected chi connectivity index (χ1v) is 8.36. The summed E-state index contributed by atoms with van der Waals surface area (Å²) in [6, 6.07) is 5.24. The second kappa shape index (κ2) is 7.39. The molecule has 1 heterocycles. The number of carbonyl (C=O) groups is 2. The van der Waals surface area contributed by atoms with E-state index in [-0.39, 0.29) is 30.0 Å². The molecule has 0 radical (unpaired) electrons. The number of hydrogen-bond acceptors (Lipinski definition) is 5. The molecule has 0 amide bonds. The summed E-state index contributed by atoms with van der Waals surface area (Å²) in [7, 11) is -1.10. The van der Waals surface area contributed by atoms with Gasteiger partial charge >= 0.3 is 13.1 Å². The Morgan fingerprint density at radius 1 is 1.38 bits per heavy atom. The second-order valence-corrected chi connectivity index (χ2v) is 7.47. The van der Waals surface area contributed by atoms with Crippen LogP contribution < -0.4 is 4.65 Å². The fourth-order valence-electron chi connectivity index (χ4n) is 2.98. The summed E-state index contributed by atoms with van der Waals surface area (Å²) < 4.78 is 10.6. The Kier molecular flexibility index (Phi) is 5.70. The highest BCUT2D eigenvalue weighted by Crippen LogP contribution is 2.37. The molecular formula is C18H25BO5. The average Bonchev–Trinajstić information content (AvgIpc) is 2.45. The van der Waals surface area contributed by atoms with Gasteiger partial charge in [0.2, 0.25) is 0 Å². The van der Waals surface area contributed by atoms with Crippen LogP contribution in [0.25, 0.3) is 0 Å². The molecule has 0 bridgehead atoms. The Balaban J connectivity index is 2.15. The number of esters is 1. The van der Waals surface area contributed by atoms with Crippen LogP contribution in [0, 0.1) is 5.41 Å². The third kappa shape index (κ3) is 4.60. The summed E-state index contributed by atoms with van der Waals surface area (Å²) in [5, 5.41) is 10.3. The molecule has 0 fully saturated rings. The lowest BCUT2D eigenvalue weighted by Gasteiger charge is -2.29. The molecule has 0 aliphatic carbocycles. The second-order valence-electron chi connectivity index (χ2n) is 7.47. The minimum Gasteiger partial charge on any atom is -0.535 e. The van der Waals surface area contributed by atoms with Crippen molar-refractivity contribution in [2.75, 3.05) is 6.61 Å². The van der Waals surface area contributed by atoms with Crippen LogP contribution in [0.15, 0.2) is 18.2 Å². The van der Waals surface area contributed by atoms with Crippen molar-refractivity contribution < 1.29 is 24.0 Å². The SMILES string of the molecule is CCOC(=O)c1cccc2c1OB(O)[C@@H](CC(=O)CC(C)(C)C)C2. The number of ether oxygens (including phenoxy) is 1. The van der Waals surface area contributed by atoms with Crippen molar-refractivity contribution >= 4 is 18.9 Å². The van der Waals surface area contributed by atoms with Gasteiger partial charge in [-0.2, -0.15) is 0 Å². The molecular weight excluding hydrogens is 307 g/mol. The van der Waals surface area contributed by atoms with Crippen molar-refractivity contribution in [3.63, 3.8) is 0 Å². The van der Waals surface area contributed by atoms with E-state index in [4.69, 9.17) is 9.39 Å². The number of hydrogen-bond donors (Lipinski definition) is 1. The van der Waals surface area contributed by atoms with E-state index in [1.54, 1.807) is 19.1 Å². The number of fused-ring (bicyclic) bond motifs is 1. The maximum atomic E-state index is 12.2. The molecule has 1 aromatic rings. The summed E-state index contributed by atoms with van der Waals surface area (Å²) in [4.78, 5) is 24.2. The molecule has 0 unspecified atom stereocenters. The van der Waals surface area contributed by atoms with Crippen LogP contribution in [0.3, 0.4) is 0 Å². The lowest BCUT2D eigenvalue weighted by atomic mass is 9.64. The predicted molar refractivity (Wildman–Crippen MR) is 92.1 cm³/mol. The van der Waals surface area contributed by atoms with Gasteiger partial charge in [-0.25, -0.2) is 4.79 Å². The summed E-state index contributed by atoms with van der Waals surface area (Å²) in [5.41, 5.74) is 1.05. The molecule has 1 aliphatic heterocycles. The Bertz CT molecular complexity index is 620. The molecule has 2 rings (SSSR count). The molecule has 0 saturated heterocycles. The summed E-state index contributed by atoms with van der Waals surface area (Å²) >= 11 is 0. The maximum absolute atomic E-state index is 12.2. The van der Waals surface area contributed by atoms with Crippen LogP contribution in [0.1, 0.15) is 56.5 Å². The van der Waals surface area contributed by atoms with Crippen molar-refractivity contribution in [2.24, 2.45) is 5.41 Å². The standard InChI is InChI=1S/C18H25BO5/c1-5-23-17(21)15-8-6-7-12-9-13(19(22)24-16(12)15)10-14(20)11-18(2,3)4/h6-8,13,22H,5,9-11H2,1-4H3/t13-/m1/s1. The van der Waals surface area contributed by atoms with Crippen molar-refractivity contribution in [2.45, 2.75) is 52.8 Å². The summed E-state index contributed by atoms with van der Waals surface area (Å²) in [6.45, 7) is 8.05. The smallest absolute Gasteiger partial charge is 0.526 e. The Labute approximate surface area is 143 Å². The molecule has 24 heavy (non-hydrogen) atoms. The van der Waals surface area contributed by atoms with E-state index in [2.05, 4.69) is 0 Å². The van der Waals surface area contributed by atoms with Gasteiger partial charge in [-0.3, -0.25) is 4.79 Å². The highest BCUT2D eigenvalue weighted by atomic mass is 16.5. The van der Waals surface area contributed by atoms with Crippen LogP contribution in [0.4, 0.5) is 0 Å². The molecule has 1 aliphatic rings. The highest BCUT2D eigenvalue weighted by molar-refractivity contribution is 6.47. The van der Waals surface area contributed by atoms with E-state index in [0.717, 1.165) is 5.56 Å². The van der Waals surface area contributed by atoms with Crippen molar-refractivity contribution in [1.29, 1.82) is 0 Å². The fourth-order valence-corrected chi connectivity index (χ4v) is 2.98. The molecule has 0 aromatic heterocycles. The predicted octanol–water partition coefficient (Wildman–Crippen LogP) is 3.04. The van der Waals surface area contributed by atoms with Gasteiger partial charge in [0.05, 0.1) is 6.61 Å². The van der Waals surface area contributed by atoms with Gasteiger partial charge in [-0.05, 0) is 30.4 Å². The largest absolute Gasteiger partial charge is 0.535 e. The maximum Gasteiger partial charge on any atom is 0.526 e. The Hall–Kier alpha value is -1.82. The number of rotatable bonds is 5. The first-order chi connectivity index (χ1) is 11.2. The third-order valence-electron chi connectivity index (χ3n) is 3.93. The average molecular weight is 332 g/mol. The van der Waals surface area contributed by atoms with Gasteiger partial charge < -0.3 is 14.4 Å². The third-order valence-corrected chi connectivity index (χ3v) is 3.93. The van der Waals surface area contributed by atoms with Gasteiger partial charge in [0.25, 0.3) is 0 Å². The van der Waals surface area contributed by atoms with Gasteiger partial charge in [-0.1, -0.05) is 32.9 Å². The number of carbonyl (C=O) groups excluding carboxylic acids is 2. The number of benzene rings is 1. The van der Waals surface area contributed by atoms with Gasteiger partial charge in [-0.15, -0.1) is 0 Å². The van der Waals surface area contributed by atoms with E-state index >= 15 is 0 Å². The lowest BCUT2D eigenvalue weighted by molar-refractivity contribution is -0.120. The zero-order chi connectivity index (χ0) is 17.9. The molecule has 0 saturated carbocycles. The first-order valence-electron chi connectivity index (χ1n) is 8.36. The molecule has 0 spiro atoms. The number of Topliss-reactive ketones (excluding diaryl/α,β-unsaturated/α-hetero) is 1. The van der Waals surface area contributed by atoms with Crippen LogP contribution in [-0.2, 0) is 16.0 Å². The molecule has 1 aromatic carbocycles. The van der Waals surface area contributed by atoms with E-state index < -0.39 is 13.1 Å². The van der Waals surface area contributed by atoms with E-state index in [1.165, 1.54) is 0 Å². The van der Waals surface area contributed by atoms with E-state index in [1.807, 2.05) is 26.8 Å². The van der Waals surface area contributed by atoms with Gasteiger partial charge in [0, 0.05) is 18.7 Å². The summed E-state index contributed by atoms with van der Waals surface area (Å²) in [5.74, 6) is -0.295. The first kappa shape index (κ1) is 18.5. The van der Waals surface area contributed by atoms with Crippen LogP contribution in [-0.4, -0.2) is 30.5 Å². The zero-order valence-electron chi connectivity index (χ0n) is 14.8. The molecule has 5 nitrogen and oxygen atoms in total. The topological polar surface area (TPSA) is 72.8 Å². The Morgan fingerprint density at radius 3 is 2.71 bits per heavy atom. The Morgan fingerprint density at radius 2 is 2.08 bits per heavy atom. The van der Waals surface area contributed by atoms with E-state index in [0.29, 0.717) is 24.2 Å². The minimum atomic E-state index is -1.10. The van der Waals surface area contributed by atoms with E-state index in [9.17, 15) is 14.6 Å². The van der Waals surface area contributed by atoms with Crippen molar-refractivity contribution in [3.8, 4) is 5.75 Å². The summed E-state index contributed by atoms with van der Waals surface area (Å²) in [6.07, 6.45) is 1.23. The molecule has 130 valence electrons. The molecule has 1 N–H and O–H groups in total. The van der Waals surface area contributed by atoms with Gasteiger partial charge in [0.1, 0.15) is 17.1 Å². The zero-order valence-corrected chi connectivity index (χ0v) is 14.8.